The Hall–Kier alpha value is -1.84. The van der Waals surface area contributed by atoms with E-state index in [0.29, 0.717) is 5.69 Å². The Balaban J connectivity index is 2.75. The van der Waals surface area contributed by atoms with E-state index in [1.165, 1.54) is 0 Å². The topological polar surface area (TPSA) is 45.0 Å². The van der Waals surface area contributed by atoms with Crippen molar-refractivity contribution >= 4 is 24.4 Å². The van der Waals surface area contributed by atoms with Crippen LogP contribution in [0.15, 0.2) is 46.5 Å². The van der Waals surface area contributed by atoms with Crippen LogP contribution in [0.25, 0.3) is 10.8 Å². The molecule has 0 heterocycles. The number of phenolic OH excluding ortho intramolecular Hbond substituents is 1. The Labute approximate surface area is 82.5 Å². The molecule has 1 N–H and O–H groups in total. The molecule has 4 heteroatoms. The number of rotatable bonds is 1. The summed E-state index contributed by atoms with van der Waals surface area (Å²) in [6.45, 7) is 0. The lowest BCUT2D eigenvalue weighted by Crippen LogP contribution is -1.74. The van der Waals surface area contributed by atoms with E-state index in [1.807, 2.05) is 30.3 Å². The van der Waals surface area contributed by atoms with Gasteiger partial charge in [-0.25, -0.2) is 0 Å². The van der Waals surface area contributed by atoms with Crippen LogP contribution < -0.4 is 0 Å². The van der Waals surface area contributed by atoms with Crippen molar-refractivity contribution in [3.05, 3.63) is 36.4 Å². The van der Waals surface area contributed by atoms with Crippen molar-refractivity contribution in [3.8, 4) is 5.75 Å². The molecule has 3 nitrogen and oxygen atoms in total. The van der Waals surface area contributed by atoms with Crippen molar-refractivity contribution in [2.45, 2.75) is 0 Å². The highest BCUT2D eigenvalue weighted by molar-refractivity contribution is 6.05. The van der Waals surface area contributed by atoms with E-state index < -0.39 is 0 Å². The van der Waals surface area contributed by atoms with Gasteiger partial charge in [0.05, 0.1) is 0 Å². The molecular weight excluding hydrogens is 175 g/mol. The van der Waals surface area contributed by atoms with Gasteiger partial charge in [0.1, 0.15) is 5.69 Å². The van der Waals surface area contributed by atoms with E-state index in [9.17, 15) is 5.11 Å². The maximum atomic E-state index is 9.77. The summed E-state index contributed by atoms with van der Waals surface area (Å²) in [7, 11) is 4.92. The molecule has 0 bridgehead atoms. The summed E-state index contributed by atoms with van der Waals surface area (Å²) >= 11 is 0. The van der Waals surface area contributed by atoms with Crippen LogP contribution in [0.1, 0.15) is 0 Å². The largest absolute Gasteiger partial charge is 0.505 e. The Morgan fingerprint density at radius 3 is 2.64 bits per heavy atom. The molecule has 0 fully saturated rings. The van der Waals surface area contributed by atoms with Gasteiger partial charge in [-0.3, -0.25) is 5.03 Å². The fraction of sp³-hybridized carbons (Fsp3) is 0. The molecule has 0 amide bonds. The van der Waals surface area contributed by atoms with E-state index in [-0.39, 0.29) is 5.75 Å². The molecule has 66 valence electrons. The molecule has 0 atom stereocenters. The first-order valence-corrected chi connectivity index (χ1v) is 4.14. The smallest absolute Gasteiger partial charge is 0.293 e. The monoisotopic (exact) mass is 182 g/mol. The summed E-state index contributed by atoms with van der Waals surface area (Å²) in [5, 5.41) is 18.2. The van der Waals surface area contributed by atoms with Crippen LogP contribution in [-0.4, -0.2) is 13.1 Å². The third-order valence-electron chi connectivity index (χ3n) is 2.04. The van der Waals surface area contributed by atoms with Crippen LogP contribution in [0, 0.1) is 0 Å². The van der Waals surface area contributed by atoms with Gasteiger partial charge in [0.15, 0.2) is 5.75 Å². The van der Waals surface area contributed by atoms with Gasteiger partial charge >= 0.3 is 0 Å². The minimum atomic E-state index is 0.109. The standard InChI is InChI=1S/C10H7BN2O/c11-13-12-9-6-5-7-3-1-2-4-8(7)10(9)14/h1-6,14H. The molecule has 0 saturated heterocycles. The van der Waals surface area contributed by atoms with Crippen LogP contribution in [0.5, 0.6) is 5.75 Å². The maximum Gasteiger partial charge on any atom is 0.293 e. The summed E-state index contributed by atoms with van der Waals surface area (Å²) in [6.07, 6.45) is 0. The molecule has 2 radical (unpaired) electrons. The second kappa shape index (κ2) is 3.50. The lowest BCUT2D eigenvalue weighted by molar-refractivity contribution is 0.483. The van der Waals surface area contributed by atoms with Gasteiger partial charge in [0, 0.05) is 5.39 Å². The van der Waals surface area contributed by atoms with Crippen LogP contribution in [-0.2, 0) is 0 Å². The van der Waals surface area contributed by atoms with E-state index in [0.717, 1.165) is 10.8 Å². The highest BCUT2D eigenvalue weighted by Gasteiger charge is 2.03. The number of hydrogen-bond acceptors (Lipinski definition) is 3. The van der Waals surface area contributed by atoms with Crippen LogP contribution >= 0.6 is 0 Å². The first-order chi connectivity index (χ1) is 6.83. The van der Waals surface area contributed by atoms with Crippen molar-refractivity contribution in [2.24, 2.45) is 10.1 Å². The zero-order chi connectivity index (χ0) is 9.97. The average molecular weight is 182 g/mol. The molecular formula is C10H7BN2O. The molecule has 2 aromatic carbocycles. The van der Waals surface area contributed by atoms with Crippen molar-refractivity contribution in [3.63, 3.8) is 0 Å². The van der Waals surface area contributed by atoms with Gasteiger partial charge in [-0.2, -0.15) is 5.11 Å². The van der Waals surface area contributed by atoms with Gasteiger partial charge in [0.25, 0.3) is 7.98 Å². The fourth-order valence-corrected chi connectivity index (χ4v) is 1.39. The SMILES string of the molecule is [B]N=Nc1ccc2ccccc2c1O. The summed E-state index contributed by atoms with van der Waals surface area (Å²) in [4.78, 5) is 0. The third kappa shape index (κ3) is 1.35. The van der Waals surface area contributed by atoms with Crippen molar-refractivity contribution < 1.29 is 5.11 Å². The van der Waals surface area contributed by atoms with Crippen molar-refractivity contribution in [1.82, 2.24) is 0 Å². The number of hydrogen-bond donors (Lipinski definition) is 1. The molecule has 0 aromatic heterocycles. The molecule has 0 aliphatic rings. The molecule has 0 aliphatic heterocycles. The molecule has 0 saturated carbocycles. The highest BCUT2D eigenvalue weighted by atomic mass is 16.3. The minimum absolute atomic E-state index is 0.109. The molecule has 0 spiro atoms. The van der Waals surface area contributed by atoms with Crippen LogP contribution in [0.2, 0.25) is 0 Å². The third-order valence-corrected chi connectivity index (χ3v) is 2.04. The van der Waals surface area contributed by atoms with Gasteiger partial charge in [-0.05, 0) is 11.5 Å². The number of fused-ring (bicyclic) bond motifs is 1. The van der Waals surface area contributed by atoms with Gasteiger partial charge < -0.3 is 5.11 Å². The van der Waals surface area contributed by atoms with E-state index in [1.54, 1.807) is 6.07 Å². The summed E-state index contributed by atoms with van der Waals surface area (Å²) < 4.78 is 0. The zero-order valence-electron chi connectivity index (χ0n) is 7.38. The zero-order valence-corrected chi connectivity index (χ0v) is 7.38. The summed E-state index contributed by atoms with van der Waals surface area (Å²) in [5.74, 6) is 0.109. The van der Waals surface area contributed by atoms with Gasteiger partial charge in [-0.15, -0.1) is 0 Å². The average Bonchev–Trinajstić information content (AvgIpc) is 2.23. The Morgan fingerprint density at radius 2 is 1.86 bits per heavy atom. The summed E-state index contributed by atoms with van der Waals surface area (Å²) in [5.41, 5.74) is 0.381. The Kier molecular flexibility index (Phi) is 2.19. The first-order valence-electron chi connectivity index (χ1n) is 4.14. The van der Waals surface area contributed by atoms with Crippen LogP contribution in [0.4, 0.5) is 5.69 Å². The normalized spacial score (nSPS) is 11.1. The van der Waals surface area contributed by atoms with Crippen molar-refractivity contribution in [1.29, 1.82) is 0 Å². The predicted octanol–water partition coefficient (Wildman–Crippen LogP) is 2.71. The number of phenols is 1. The van der Waals surface area contributed by atoms with Gasteiger partial charge in [-0.1, -0.05) is 30.3 Å². The Bertz CT molecular complexity index is 496. The lowest BCUT2D eigenvalue weighted by atomic mass is 10.1. The van der Waals surface area contributed by atoms with Crippen molar-refractivity contribution in [2.75, 3.05) is 0 Å². The highest BCUT2D eigenvalue weighted by Crippen LogP contribution is 2.34. The maximum absolute atomic E-state index is 9.77. The molecule has 2 aromatic rings. The Morgan fingerprint density at radius 1 is 1.07 bits per heavy atom. The predicted molar refractivity (Wildman–Crippen MR) is 55.9 cm³/mol. The van der Waals surface area contributed by atoms with E-state index >= 15 is 0 Å². The molecule has 2 rings (SSSR count). The second-order valence-electron chi connectivity index (χ2n) is 2.87. The van der Waals surface area contributed by atoms with Gasteiger partial charge in [0.2, 0.25) is 0 Å². The first kappa shape index (κ1) is 8.75. The van der Waals surface area contributed by atoms with Crippen LogP contribution in [0.3, 0.4) is 0 Å². The molecule has 0 aliphatic carbocycles. The quantitative estimate of drug-likeness (QED) is 0.534. The molecule has 0 unspecified atom stereocenters. The number of benzene rings is 2. The van der Waals surface area contributed by atoms with E-state index in [2.05, 4.69) is 10.1 Å². The molecule has 14 heavy (non-hydrogen) atoms. The number of nitrogens with zero attached hydrogens (tertiary/aromatic N) is 2. The van der Waals surface area contributed by atoms with E-state index in [4.69, 9.17) is 7.98 Å². The minimum Gasteiger partial charge on any atom is -0.505 e. The second-order valence-corrected chi connectivity index (χ2v) is 2.87. The lowest BCUT2D eigenvalue weighted by Gasteiger charge is -2.02. The number of aromatic hydroxyl groups is 1. The fourth-order valence-electron chi connectivity index (χ4n) is 1.39. The summed E-state index contributed by atoms with van der Waals surface area (Å²) in [6, 6.07) is 11.0.